The number of carbonyl (C=O) groups excluding carboxylic acids is 4. The van der Waals surface area contributed by atoms with E-state index in [-0.39, 0.29) is 17.3 Å². The maximum Gasteiger partial charge on any atom is 0.330 e. The molecule has 0 spiro atoms. The summed E-state index contributed by atoms with van der Waals surface area (Å²) in [6.45, 7) is 1.46. The lowest BCUT2D eigenvalue weighted by molar-refractivity contribution is -0.156. The van der Waals surface area contributed by atoms with E-state index in [1.807, 2.05) is 6.92 Å². The Morgan fingerprint density at radius 3 is 3.00 bits per heavy atom. The third-order valence-electron chi connectivity index (χ3n) is 4.32. The predicted octanol–water partition coefficient (Wildman–Crippen LogP) is 0.603. The van der Waals surface area contributed by atoms with Crippen molar-refractivity contribution in [3.8, 4) is 0 Å². The van der Waals surface area contributed by atoms with Crippen molar-refractivity contribution in [2.75, 3.05) is 12.4 Å². The first-order valence-electron chi connectivity index (χ1n) is 8.12. The number of rotatable bonds is 5. The second-order valence-electron chi connectivity index (χ2n) is 6.18. The van der Waals surface area contributed by atoms with Gasteiger partial charge in [-0.3, -0.25) is 14.9 Å². The van der Waals surface area contributed by atoms with Crippen LogP contribution < -0.4 is 10.6 Å². The number of esters is 1. The first kappa shape index (κ1) is 18.3. The zero-order valence-electron chi connectivity index (χ0n) is 14.1. The van der Waals surface area contributed by atoms with Crippen molar-refractivity contribution >= 4 is 35.6 Å². The van der Waals surface area contributed by atoms with Gasteiger partial charge in [0.1, 0.15) is 11.8 Å². The molecule has 9 nitrogen and oxygen atoms in total. The molecule has 140 valence electrons. The van der Waals surface area contributed by atoms with Crippen LogP contribution in [0.15, 0.2) is 22.8 Å². The Morgan fingerprint density at radius 2 is 2.27 bits per heavy atom. The van der Waals surface area contributed by atoms with E-state index in [0.717, 1.165) is 0 Å². The van der Waals surface area contributed by atoms with Crippen molar-refractivity contribution in [1.82, 2.24) is 15.5 Å². The smallest absolute Gasteiger partial charge is 0.330 e. The molecule has 3 heterocycles. The SMILES string of the molecule is C[C@@]12CCC(=O)N1[C@H](C(=O)OCC(=O)NC(=O)NCc1ccco1)CS2. The lowest BCUT2D eigenvalue weighted by Gasteiger charge is -2.29. The van der Waals surface area contributed by atoms with Crippen molar-refractivity contribution in [3.63, 3.8) is 0 Å². The average molecular weight is 381 g/mol. The van der Waals surface area contributed by atoms with Crippen LogP contribution in [0.25, 0.3) is 0 Å². The van der Waals surface area contributed by atoms with Gasteiger partial charge in [-0.15, -0.1) is 11.8 Å². The first-order valence-corrected chi connectivity index (χ1v) is 9.10. The lowest BCUT2D eigenvalue weighted by atomic mass is 10.2. The lowest BCUT2D eigenvalue weighted by Crippen LogP contribution is -2.47. The van der Waals surface area contributed by atoms with Crippen LogP contribution in [-0.2, 0) is 25.7 Å². The highest BCUT2D eigenvalue weighted by Crippen LogP contribution is 2.47. The highest BCUT2D eigenvalue weighted by Gasteiger charge is 2.53. The average Bonchev–Trinajstić information content (AvgIpc) is 3.29. The van der Waals surface area contributed by atoms with Gasteiger partial charge in [-0.2, -0.15) is 0 Å². The van der Waals surface area contributed by atoms with Gasteiger partial charge < -0.3 is 19.4 Å². The number of imide groups is 1. The third kappa shape index (κ3) is 3.85. The normalized spacial score (nSPS) is 24.3. The monoisotopic (exact) mass is 381 g/mol. The summed E-state index contributed by atoms with van der Waals surface area (Å²) in [5.41, 5.74) is 0. The molecule has 4 amide bonds. The van der Waals surface area contributed by atoms with E-state index in [4.69, 9.17) is 9.15 Å². The van der Waals surface area contributed by atoms with E-state index >= 15 is 0 Å². The molecule has 1 aromatic heterocycles. The molecular weight excluding hydrogens is 362 g/mol. The van der Waals surface area contributed by atoms with Crippen LogP contribution in [0.1, 0.15) is 25.5 Å². The summed E-state index contributed by atoms with van der Waals surface area (Å²) in [6, 6.07) is 1.94. The summed E-state index contributed by atoms with van der Waals surface area (Å²) in [6.07, 6.45) is 2.57. The molecule has 2 atom stereocenters. The molecular formula is C16H19N3O6S. The minimum atomic E-state index is -0.753. The largest absolute Gasteiger partial charge is 0.467 e. The second-order valence-corrected chi connectivity index (χ2v) is 7.68. The van der Waals surface area contributed by atoms with E-state index in [1.54, 1.807) is 17.0 Å². The van der Waals surface area contributed by atoms with Crippen LogP contribution in [0.5, 0.6) is 0 Å². The highest BCUT2D eigenvalue weighted by atomic mass is 32.2. The van der Waals surface area contributed by atoms with Crippen LogP contribution in [0, 0.1) is 0 Å². The van der Waals surface area contributed by atoms with Gasteiger partial charge in [0, 0.05) is 12.2 Å². The van der Waals surface area contributed by atoms with E-state index in [2.05, 4.69) is 10.6 Å². The number of ether oxygens (including phenoxy) is 1. The van der Waals surface area contributed by atoms with Crippen LogP contribution in [0.3, 0.4) is 0 Å². The number of thioether (sulfide) groups is 1. The second kappa shape index (κ2) is 7.40. The van der Waals surface area contributed by atoms with Crippen molar-refractivity contribution in [2.45, 2.75) is 37.2 Å². The molecule has 2 fully saturated rings. The molecule has 0 saturated carbocycles. The number of urea groups is 1. The number of amides is 4. The van der Waals surface area contributed by atoms with Crippen molar-refractivity contribution in [2.24, 2.45) is 0 Å². The molecule has 0 aliphatic carbocycles. The maximum absolute atomic E-state index is 12.2. The number of hydrogen-bond acceptors (Lipinski definition) is 7. The fourth-order valence-corrected chi connectivity index (χ4v) is 4.43. The van der Waals surface area contributed by atoms with E-state index in [9.17, 15) is 19.2 Å². The van der Waals surface area contributed by atoms with Crippen molar-refractivity contribution in [3.05, 3.63) is 24.2 Å². The standard InChI is InChI=1S/C16H19N3O6S/c1-16-5-4-13(21)19(16)11(9-26-16)14(22)25-8-12(20)18-15(23)17-7-10-3-2-6-24-10/h2-3,6,11H,4-5,7-9H2,1H3,(H2,17,18,20,23)/t11-,16+/m0/s1. The number of furan rings is 1. The molecule has 2 N–H and O–H groups in total. The van der Waals surface area contributed by atoms with Crippen molar-refractivity contribution in [1.29, 1.82) is 0 Å². The first-order chi connectivity index (χ1) is 12.4. The van der Waals surface area contributed by atoms with E-state index in [0.29, 0.717) is 24.4 Å². The molecule has 0 unspecified atom stereocenters. The summed E-state index contributed by atoms with van der Waals surface area (Å²) in [7, 11) is 0. The summed E-state index contributed by atoms with van der Waals surface area (Å²) >= 11 is 1.54. The van der Waals surface area contributed by atoms with Gasteiger partial charge in [0.15, 0.2) is 6.61 Å². The molecule has 0 radical (unpaired) electrons. The van der Waals surface area contributed by atoms with Crippen molar-refractivity contribution < 1.29 is 28.3 Å². The molecule has 26 heavy (non-hydrogen) atoms. The Bertz CT molecular complexity index is 722. The number of nitrogens with one attached hydrogen (secondary N) is 2. The number of nitrogens with zero attached hydrogens (tertiary/aromatic N) is 1. The maximum atomic E-state index is 12.2. The molecule has 3 rings (SSSR count). The van der Waals surface area contributed by atoms with Crippen LogP contribution in [-0.4, -0.2) is 52.0 Å². The van der Waals surface area contributed by atoms with Gasteiger partial charge in [-0.05, 0) is 25.5 Å². The molecule has 2 aliphatic rings. The molecule has 2 saturated heterocycles. The fraction of sp³-hybridized carbons (Fsp3) is 0.500. The van der Waals surface area contributed by atoms with E-state index < -0.39 is 30.6 Å². The summed E-state index contributed by atoms with van der Waals surface area (Å²) in [5.74, 6) is -0.497. The molecule has 0 aromatic carbocycles. The Hall–Kier alpha value is -2.49. The van der Waals surface area contributed by atoms with Gasteiger partial charge in [0.2, 0.25) is 5.91 Å². The molecule has 1 aromatic rings. The van der Waals surface area contributed by atoms with Gasteiger partial charge in [0.25, 0.3) is 5.91 Å². The minimum Gasteiger partial charge on any atom is -0.467 e. The van der Waals surface area contributed by atoms with Gasteiger partial charge in [-0.25, -0.2) is 9.59 Å². The summed E-state index contributed by atoms with van der Waals surface area (Å²) in [4.78, 5) is 48.7. The molecule has 2 aliphatic heterocycles. The minimum absolute atomic E-state index is 0.0822. The quantitative estimate of drug-likeness (QED) is 0.717. The zero-order chi connectivity index (χ0) is 18.7. The topological polar surface area (TPSA) is 118 Å². The van der Waals surface area contributed by atoms with E-state index in [1.165, 1.54) is 18.0 Å². The van der Waals surface area contributed by atoms with Gasteiger partial charge >= 0.3 is 12.0 Å². The Balaban J connectivity index is 1.42. The zero-order valence-corrected chi connectivity index (χ0v) is 15.0. The van der Waals surface area contributed by atoms with Crippen LogP contribution in [0.2, 0.25) is 0 Å². The number of carbonyl (C=O) groups is 4. The van der Waals surface area contributed by atoms with Crippen LogP contribution in [0.4, 0.5) is 4.79 Å². The summed E-state index contributed by atoms with van der Waals surface area (Å²) < 4.78 is 10.0. The number of fused-ring (bicyclic) bond motifs is 1. The predicted molar refractivity (Wildman–Crippen MR) is 90.8 cm³/mol. The molecule has 10 heteroatoms. The number of hydrogen-bond donors (Lipinski definition) is 2. The summed E-state index contributed by atoms with van der Waals surface area (Å²) in [5, 5.41) is 4.50. The van der Waals surface area contributed by atoms with Crippen LogP contribution >= 0.6 is 11.8 Å². The fourth-order valence-electron chi connectivity index (χ4n) is 3.02. The Morgan fingerprint density at radius 1 is 1.46 bits per heavy atom. The van der Waals surface area contributed by atoms with Gasteiger partial charge in [0.05, 0.1) is 17.7 Å². The third-order valence-corrected chi connectivity index (χ3v) is 5.82. The Labute approximate surface area is 153 Å². The molecule has 0 bridgehead atoms. The van der Waals surface area contributed by atoms with Gasteiger partial charge in [-0.1, -0.05) is 0 Å². The highest BCUT2D eigenvalue weighted by molar-refractivity contribution is 8.01. The Kier molecular flexibility index (Phi) is 5.21.